The minimum absolute atomic E-state index is 0.0222. The Morgan fingerprint density at radius 2 is 2.21 bits per heavy atom. The van der Waals surface area contributed by atoms with Crippen LogP contribution in [0.3, 0.4) is 0 Å². The minimum atomic E-state index is -0.0222. The molecule has 1 aliphatic rings. The first-order valence-electron chi connectivity index (χ1n) is 5.89. The molecule has 0 saturated heterocycles. The van der Waals surface area contributed by atoms with Crippen LogP contribution < -0.4 is 15.8 Å². The highest BCUT2D eigenvalue weighted by Gasteiger charge is 2.23. The number of hydrogen-bond donors (Lipinski definition) is 2. The number of methoxy groups -OCH3 is 1. The number of hydrogen-bond acceptors (Lipinski definition) is 4. The number of carbonyl (C=O) groups is 1. The van der Waals surface area contributed by atoms with Crippen molar-refractivity contribution in [3.8, 4) is 17.0 Å². The van der Waals surface area contributed by atoms with Crippen molar-refractivity contribution in [2.45, 2.75) is 6.42 Å². The number of aryl methyl sites for hydroxylation is 1. The molecule has 3 rings (SSSR count). The summed E-state index contributed by atoms with van der Waals surface area (Å²) in [6.45, 7) is 0. The van der Waals surface area contributed by atoms with Crippen LogP contribution in [0.2, 0.25) is 0 Å². The van der Waals surface area contributed by atoms with Crippen LogP contribution in [0.4, 0.5) is 11.5 Å². The summed E-state index contributed by atoms with van der Waals surface area (Å²) >= 11 is 0. The molecule has 0 spiro atoms. The number of benzene rings is 1. The fraction of sp³-hybridized carbons (Fsp3) is 0.231. The van der Waals surface area contributed by atoms with Crippen molar-refractivity contribution in [3.63, 3.8) is 0 Å². The van der Waals surface area contributed by atoms with E-state index in [0.717, 1.165) is 22.5 Å². The van der Waals surface area contributed by atoms with Gasteiger partial charge in [0.25, 0.3) is 0 Å². The highest BCUT2D eigenvalue weighted by atomic mass is 16.5. The molecule has 0 radical (unpaired) electrons. The summed E-state index contributed by atoms with van der Waals surface area (Å²) in [5.74, 6) is 1.21. The first-order valence-corrected chi connectivity index (χ1v) is 5.89. The molecule has 0 bridgehead atoms. The Labute approximate surface area is 110 Å². The molecule has 0 saturated carbocycles. The summed E-state index contributed by atoms with van der Waals surface area (Å²) in [6.07, 6.45) is 0.363. The lowest BCUT2D eigenvalue weighted by Gasteiger charge is -2.08. The smallest absolute Gasteiger partial charge is 0.228 e. The van der Waals surface area contributed by atoms with E-state index < -0.39 is 0 Å². The van der Waals surface area contributed by atoms with Gasteiger partial charge < -0.3 is 15.8 Å². The van der Waals surface area contributed by atoms with Crippen LogP contribution in [0.25, 0.3) is 11.3 Å². The fourth-order valence-electron chi connectivity index (χ4n) is 2.24. The lowest BCUT2D eigenvalue weighted by Crippen LogP contribution is -2.04. The predicted molar refractivity (Wildman–Crippen MR) is 71.9 cm³/mol. The number of ether oxygens (including phenoxy) is 1. The molecule has 6 heteroatoms. The number of anilines is 2. The van der Waals surface area contributed by atoms with E-state index in [2.05, 4.69) is 10.4 Å². The van der Waals surface area contributed by atoms with Crippen LogP contribution >= 0.6 is 0 Å². The van der Waals surface area contributed by atoms with Crippen molar-refractivity contribution in [2.75, 3.05) is 18.2 Å². The third-order valence-corrected chi connectivity index (χ3v) is 3.23. The highest BCUT2D eigenvalue weighted by molar-refractivity contribution is 6.01. The van der Waals surface area contributed by atoms with Gasteiger partial charge in [-0.05, 0) is 17.7 Å². The molecule has 1 aromatic heterocycles. The molecule has 19 heavy (non-hydrogen) atoms. The molecule has 2 heterocycles. The number of amides is 1. The fourth-order valence-corrected chi connectivity index (χ4v) is 2.24. The molecule has 0 fully saturated rings. The molecule has 1 amide bonds. The topological polar surface area (TPSA) is 82.2 Å². The maximum Gasteiger partial charge on any atom is 0.228 e. The maximum atomic E-state index is 11.5. The van der Waals surface area contributed by atoms with Crippen LogP contribution in [-0.4, -0.2) is 22.8 Å². The van der Waals surface area contributed by atoms with Crippen LogP contribution in [-0.2, 0) is 18.3 Å². The Hall–Kier alpha value is -2.50. The van der Waals surface area contributed by atoms with Crippen LogP contribution in [0, 0.1) is 0 Å². The number of carbonyl (C=O) groups excluding carboxylic acids is 1. The average molecular weight is 258 g/mol. The molecular formula is C13H14N4O2. The van der Waals surface area contributed by atoms with Crippen LogP contribution in [0.1, 0.15) is 5.56 Å². The average Bonchev–Trinajstić information content (AvgIpc) is 2.90. The molecule has 1 aromatic carbocycles. The van der Waals surface area contributed by atoms with Crippen LogP contribution in [0.15, 0.2) is 18.2 Å². The summed E-state index contributed by atoms with van der Waals surface area (Å²) in [5, 5.41) is 7.13. The predicted octanol–water partition coefficient (Wildman–Crippen LogP) is 1.17. The first kappa shape index (κ1) is 11.6. The molecule has 1 aliphatic heterocycles. The van der Waals surface area contributed by atoms with Gasteiger partial charge in [-0.25, -0.2) is 0 Å². The number of aromatic nitrogens is 2. The van der Waals surface area contributed by atoms with Crippen molar-refractivity contribution in [1.29, 1.82) is 0 Å². The quantitative estimate of drug-likeness (QED) is 0.847. The third kappa shape index (κ3) is 1.81. The zero-order valence-corrected chi connectivity index (χ0v) is 10.7. The molecule has 0 atom stereocenters. The zero-order valence-electron chi connectivity index (χ0n) is 10.7. The minimum Gasteiger partial charge on any atom is -0.495 e. The van der Waals surface area contributed by atoms with E-state index in [4.69, 9.17) is 10.5 Å². The Morgan fingerprint density at radius 1 is 1.42 bits per heavy atom. The number of fused-ring (bicyclic) bond motifs is 1. The van der Waals surface area contributed by atoms with E-state index in [9.17, 15) is 4.79 Å². The van der Waals surface area contributed by atoms with E-state index >= 15 is 0 Å². The highest BCUT2D eigenvalue weighted by Crippen LogP contribution is 2.37. The van der Waals surface area contributed by atoms with Gasteiger partial charge in [0.1, 0.15) is 11.6 Å². The Balaban J connectivity index is 2.14. The number of nitrogens with one attached hydrogen (secondary N) is 1. The second-order valence-corrected chi connectivity index (χ2v) is 4.52. The lowest BCUT2D eigenvalue weighted by atomic mass is 10.1. The second-order valence-electron chi connectivity index (χ2n) is 4.52. The number of nitrogens with zero attached hydrogens (tertiary/aromatic N) is 2. The zero-order chi connectivity index (χ0) is 13.6. The maximum absolute atomic E-state index is 11.5. The van der Waals surface area contributed by atoms with Gasteiger partial charge in [-0.1, -0.05) is 0 Å². The summed E-state index contributed by atoms with van der Waals surface area (Å²) in [4.78, 5) is 11.5. The summed E-state index contributed by atoms with van der Waals surface area (Å²) in [7, 11) is 3.37. The molecular weight excluding hydrogens is 244 g/mol. The molecule has 0 unspecified atom stereocenters. The summed E-state index contributed by atoms with van der Waals surface area (Å²) < 4.78 is 6.93. The molecule has 0 aliphatic carbocycles. The SMILES string of the molecule is COc1cc(-c2cc(N)n(C)n2)cc2c1NC(=O)C2. The van der Waals surface area contributed by atoms with E-state index in [1.54, 1.807) is 24.9 Å². The van der Waals surface area contributed by atoms with Crippen molar-refractivity contribution >= 4 is 17.4 Å². The number of nitrogen functional groups attached to an aromatic ring is 1. The molecule has 3 N–H and O–H groups in total. The van der Waals surface area contributed by atoms with Crippen LogP contribution in [0.5, 0.6) is 5.75 Å². The standard InChI is InChI=1S/C13H14N4O2/c1-17-11(14)6-9(16-17)7-3-8-5-12(18)15-13(8)10(4-7)19-2/h3-4,6H,5,14H2,1-2H3,(H,15,18). The Kier molecular flexibility index (Phi) is 2.45. The number of nitrogens with two attached hydrogens (primary N) is 1. The largest absolute Gasteiger partial charge is 0.495 e. The van der Waals surface area contributed by atoms with Gasteiger partial charge in [-0.2, -0.15) is 5.10 Å². The Bertz CT molecular complexity index is 656. The van der Waals surface area contributed by atoms with E-state index in [1.165, 1.54) is 0 Å². The van der Waals surface area contributed by atoms with Gasteiger partial charge in [-0.15, -0.1) is 0 Å². The Morgan fingerprint density at radius 3 is 2.84 bits per heavy atom. The van der Waals surface area contributed by atoms with Gasteiger partial charge >= 0.3 is 0 Å². The van der Waals surface area contributed by atoms with E-state index in [1.807, 2.05) is 12.1 Å². The van der Waals surface area contributed by atoms with Gasteiger partial charge in [-0.3, -0.25) is 9.48 Å². The van der Waals surface area contributed by atoms with Gasteiger partial charge in [0.05, 0.1) is 24.9 Å². The van der Waals surface area contributed by atoms with Crippen molar-refractivity contribution in [2.24, 2.45) is 7.05 Å². The molecule has 2 aromatic rings. The summed E-state index contributed by atoms with van der Waals surface area (Å²) in [6, 6.07) is 5.59. The second kappa shape index (κ2) is 4.01. The lowest BCUT2D eigenvalue weighted by molar-refractivity contribution is -0.115. The first-order chi connectivity index (χ1) is 9.08. The van der Waals surface area contributed by atoms with Gasteiger partial charge in [0.15, 0.2) is 0 Å². The molecule has 6 nitrogen and oxygen atoms in total. The third-order valence-electron chi connectivity index (χ3n) is 3.23. The monoisotopic (exact) mass is 258 g/mol. The summed E-state index contributed by atoms with van der Waals surface area (Å²) in [5.41, 5.74) is 9.11. The number of rotatable bonds is 2. The van der Waals surface area contributed by atoms with Crippen molar-refractivity contribution in [3.05, 3.63) is 23.8 Å². The van der Waals surface area contributed by atoms with Crippen molar-refractivity contribution < 1.29 is 9.53 Å². The van der Waals surface area contributed by atoms with Crippen molar-refractivity contribution in [1.82, 2.24) is 9.78 Å². The van der Waals surface area contributed by atoms with E-state index in [0.29, 0.717) is 18.0 Å². The van der Waals surface area contributed by atoms with Gasteiger partial charge in [0.2, 0.25) is 5.91 Å². The van der Waals surface area contributed by atoms with Gasteiger partial charge in [0, 0.05) is 18.7 Å². The normalized spacial score (nSPS) is 13.3. The van der Waals surface area contributed by atoms with E-state index in [-0.39, 0.29) is 5.91 Å². The molecule has 98 valence electrons.